The predicted molar refractivity (Wildman–Crippen MR) is 70.3 cm³/mol. The van der Waals surface area contributed by atoms with Crippen molar-refractivity contribution in [3.63, 3.8) is 0 Å². The van der Waals surface area contributed by atoms with E-state index in [0.29, 0.717) is 6.08 Å². The van der Waals surface area contributed by atoms with Gasteiger partial charge in [-0.05, 0) is 24.3 Å². The van der Waals surface area contributed by atoms with Crippen LogP contribution in [0.5, 0.6) is 11.5 Å². The highest BCUT2D eigenvalue weighted by Crippen LogP contribution is 2.39. The summed E-state index contributed by atoms with van der Waals surface area (Å²) in [6, 6.07) is 2.32. The molecule has 0 radical (unpaired) electrons. The number of hydrogen-bond acceptors (Lipinski definition) is 7. The summed E-state index contributed by atoms with van der Waals surface area (Å²) in [6.45, 7) is -0.991. The Morgan fingerprint density at radius 1 is 1.22 bits per heavy atom. The molecule has 0 spiro atoms. The summed E-state index contributed by atoms with van der Waals surface area (Å²) in [5, 5.41) is 12.7. The van der Waals surface area contributed by atoms with Crippen LogP contribution < -0.4 is 9.47 Å². The summed E-state index contributed by atoms with van der Waals surface area (Å²) in [7, 11) is 0. The number of halogens is 6. The van der Waals surface area contributed by atoms with Crippen LogP contribution in [0.1, 0.15) is 5.56 Å². The van der Waals surface area contributed by atoms with E-state index in [1.165, 1.54) is 0 Å². The molecule has 1 aliphatic rings. The third-order valence-electron chi connectivity index (χ3n) is 2.92. The van der Waals surface area contributed by atoms with Gasteiger partial charge in [-0.15, -0.1) is 13.2 Å². The first-order valence-electron chi connectivity index (χ1n) is 6.69. The summed E-state index contributed by atoms with van der Waals surface area (Å²) in [4.78, 5) is 15.9. The highest BCUT2D eigenvalue weighted by atomic mass is 19.4. The fourth-order valence-corrected chi connectivity index (χ4v) is 2.00. The zero-order valence-corrected chi connectivity index (χ0v) is 12.7. The molecule has 8 nitrogen and oxygen atoms in total. The Hall–Kier alpha value is -3.19. The molecule has 1 atom stereocenters. The molecular formula is C13H8F6N2O6. The minimum Gasteiger partial charge on any atom is -0.475 e. The van der Waals surface area contributed by atoms with Gasteiger partial charge in [0.25, 0.3) is 6.79 Å². The number of fused-ring (bicyclic) bond motifs is 1. The molecule has 14 heteroatoms. The van der Waals surface area contributed by atoms with Gasteiger partial charge in [0.2, 0.25) is 6.10 Å². The van der Waals surface area contributed by atoms with Crippen molar-refractivity contribution >= 4 is 12.0 Å². The first kappa shape index (κ1) is 20.1. The number of ether oxygens (including phenoxy) is 3. The number of alkyl halides is 6. The van der Waals surface area contributed by atoms with Crippen LogP contribution >= 0.6 is 0 Å². The number of nitrogens with zero attached hydrogens (tertiary/aromatic N) is 2. The molecule has 1 aromatic rings. The second kappa shape index (κ2) is 7.59. The zero-order valence-electron chi connectivity index (χ0n) is 12.7. The smallest absolute Gasteiger partial charge is 0.475 e. The Morgan fingerprint density at radius 2 is 1.93 bits per heavy atom. The topological polar surface area (TPSA) is 98.9 Å². The largest absolute Gasteiger partial charge is 0.573 e. The summed E-state index contributed by atoms with van der Waals surface area (Å²) >= 11 is 0. The highest BCUT2D eigenvalue weighted by Gasteiger charge is 2.49. The van der Waals surface area contributed by atoms with E-state index < -0.39 is 48.5 Å². The van der Waals surface area contributed by atoms with Gasteiger partial charge >= 0.3 is 18.5 Å². The van der Waals surface area contributed by atoms with Gasteiger partial charge in [-0.3, -0.25) is 0 Å². The first-order valence-corrected chi connectivity index (χ1v) is 6.69. The SMILES string of the molecule is O=C(OCO/N=N\O)C1=Cc2cc(OC(F)(F)F)ccc2O[C@@H]1C(F)(F)F. The number of esters is 1. The number of carbonyl (C=O) groups excluding carboxylic acids is 1. The second-order valence-electron chi connectivity index (χ2n) is 4.74. The van der Waals surface area contributed by atoms with E-state index in [0.717, 1.165) is 18.2 Å². The minimum atomic E-state index is -5.03. The zero-order chi connectivity index (χ0) is 20.2. The van der Waals surface area contributed by atoms with Gasteiger partial charge in [0, 0.05) is 5.56 Å². The van der Waals surface area contributed by atoms with Crippen LogP contribution in [0, 0.1) is 0 Å². The Labute approximate surface area is 145 Å². The fourth-order valence-electron chi connectivity index (χ4n) is 2.00. The third-order valence-corrected chi connectivity index (χ3v) is 2.92. The van der Waals surface area contributed by atoms with E-state index in [-0.39, 0.29) is 5.56 Å². The molecule has 0 saturated carbocycles. The molecule has 0 aliphatic carbocycles. The van der Waals surface area contributed by atoms with E-state index in [1.54, 1.807) is 0 Å². The van der Waals surface area contributed by atoms with Gasteiger partial charge in [-0.25, -0.2) is 4.79 Å². The molecule has 0 saturated heterocycles. The Balaban J connectivity index is 2.32. The lowest BCUT2D eigenvalue weighted by atomic mass is 10.0. The van der Waals surface area contributed by atoms with E-state index in [4.69, 9.17) is 5.21 Å². The average Bonchev–Trinajstić information content (AvgIpc) is 2.55. The molecule has 1 N–H and O–H groups in total. The van der Waals surface area contributed by atoms with Crippen molar-refractivity contribution < 1.29 is 55.4 Å². The average molecular weight is 402 g/mol. The Kier molecular flexibility index (Phi) is 5.66. The van der Waals surface area contributed by atoms with Crippen molar-refractivity contribution in [1.82, 2.24) is 0 Å². The van der Waals surface area contributed by atoms with Gasteiger partial charge in [-0.1, -0.05) is 0 Å². The molecular weight excluding hydrogens is 394 g/mol. The van der Waals surface area contributed by atoms with Gasteiger partial charge in [-0.2, -0.15) is 13.2 Å². The molecule has 0 bridgehead atoms. The lowest BCUT2D eigenvalue weighted by Crippen LogP contribution is -2.40. The highest BCUT2D eigenvalue weighted by molar-refractivity contribution is 5.96. The summed E-state index contributed by atoms with van der Waals surface area (Å²) in [6.07, 6.45) is -12.1. The van der Waals surface area contributed by atoms with Gasteiger partial charge in [0.05, 0.1) is 16.1 Å². The standard InChI is InChI=1S/C13H8F6N2O6/c14-12(15,16)10-8(11(22)24-5-25-21-20-23)4-6-3-7(27-13(17,18)19)1-2-9(6)26-10/h1-4,10H,5H2,(H,21,23)/t10-/m0/s1. The van der Waals surface area contributed by atoms with Crippen LogP contribution in [0.4, 0.5) is 26.3 Å². The third kappa shape index (κ3) is 5.39. The Bertz CT molecular complexity index is 761. The van der Waals surface area contributed by atoms with E-state index in [9.17, 15) is 31.1 Å². The van der Waals surface area contributed by atoms with Crippen LogP contribution in [-0.2, 0) is 14.4 Å². The molecule has 148 valence electrons. The molecule has 1 aliphatic heterocycles. The van der Waals surface area contributed by atoms with Crippen LogP contribution in [0.2, 0.25) is 0 Å². The maximum atomic E-state index is 13.1. The second-order valence-corrected chi connectivity index (χ2v) is 4.74. The number of benzene rings is 1. The first-order chi connectivity index (χ1) is 12.5. The molecule has 27 heavy (non-hydrogen) atoms. The van der Waals surface area contributed by atoms with Gasteiger partial charge in [0.15, 0.2) is 0 Å². The van der Waals surface area contributed by atoms with E-state index in [2.05, 4.69) is 29.6 Å². The van der Waals surface area contributed by atoms with Crippen molar-refractivity contribution in [3.05, 3.63) is 29.3 Å². The normalized spacial score (nSPS) is 17.0. The molecule has 1 heterocycles. The van der Waals surface area contributed by atoms with Crippen LogP contribution in [-0.4, -0.2) is 36.6 Å². The molecule has 0 amide bonds. The fraction of sp³-hybridized carbons (Fsp3) is 0.308. The van der Waals surface area contributed by atoms with Crippen LogP contribution in [0.25, 0.3) is 6.08 Å². The van der Waals surface area contributed by atoms with Crippen molar-refractivity contribution in [1.29, 1.82) is 0 Å². The maximum Gasteiger partial charge on any atom is 0.573 e. The number of carbonyl (C=O) groups is 1. The summed E-state index contributed by atoms with van der Waals surface area (Å²) in [5.41, 5.74) is -1.33. The molecule has 0 aromatic heterocycles. The van der Waals surface area contributed by atoms with Crippen LogP contribution in [0.3, 0.4) is 0 Å². The predicted octanol–water partition coefficient (Wildman–Crippen LogP) is 3.57. The lowest BCUT2D eigenvalue weighted by molar-refractivity contribution is -0.274. The Morgan fingerprint density at radius 3 is 2.52 bits per heavy atom. The molecule has 0 fully saturated rings. The lowest BCUT2D eigenvalue weighted by Gasteiger charge is -2.28. The van der Waals surface area contributed by atoms with E-state index in [1.807, 2.05) is 0 Å². The maximum absolute atomic E-state index is 13.1. The van der Waals surface area contributed by atoms with Gasteiger partial charge in [0.1, 0.15) is 11.5 Å². The quantitative estimate of drug-likeness (QED) is 0.202. The minimum absolute atomic E-state index is 0.278. The summed E-state index contributed by atoms with van der Waals surface area (Å²) < 4.78 is 88.9. The molecule has 2 rings (SSSR count). The van der Waals surface area contributed by atoms with Crippen molar-refractivity contribution in [2.24, 2.45) is 10.6 Å². The van der Waals surface area contributed by atoms with Crippen molar-refractivity contribution in [2.75, 3.05) is 6.79 Å². The van der Waals surface area contributed by atoms with Crippen molar-refractivity contribution in [3.8, 4) is 11.5 Å². The number of hydrogen-bond donors (Lipinski definition) is 1. The number of rotatable bonds is 5. The monoisotopic (exact) mass is 402 g/mol. The van der Waals surface area contributed by atoms with Crippen molar-refractivity contribution in [2.45, 2.75) is 18.6 Å². The van der Waals surface area contributed by atoms with E-state index >= 15 is 0 Å². The van der Waals surface area contributed by atoms with Gasteiger partial charge < -0.3 is 24.3 Å². The van der Waals surface area contributed by atoms with Crippen LogP contribution in [0.15, 0.2) is 34.3 Å². The molecule has 0 unspecified atom stereocenters. The molecule has 1 aromatic carbocycles. The summed E-state index contributed by atoms with van der Waals surface area (Å²) in [5.74, 6) is -2.70.